The highest BCUT2D eigenvalue weighted by atomic mass is 16.5. The van der Waals surface area contributed by atoms with Crippen molar-refractivity contribution < 1.29 is 9.26 Å². The van der Waals surface area contributed by atoms with Crippen molar-refractivity contribution in [3.63, 3.8) is 0 Å². The molecule has 1 aromatic heterocycles. The van der Waals surface area contributed by atoms with Gasteiger partial charge in [0, 0.05) is 17.7 Å². The van der Waals surface area contributed by atoms with Crippen LogP contribution in [-0.2, 0) is 6.61 Å². The second kappa shape index (κ2) is 5.23. The Kier molecular flexibility index (Phi) is 3.67. The number of benzene rings is 1. The van der Waals surface area contributed by atoms with Crippen LogP contribution >= 0.6 is 0 Å². The van der Waals surface area contributed by atoms with E-state index in [0.717, 1.165) is 22.8 Å². The lowest BCUT2D eigenvalue weighted by Gasteiger charge is -2.14. The maximum absolute atomic E-state index is 5.94. The van der Waals surface area contributed by atoms with Crippen molar-refractivity contribution in [1.82, 2.24) is 5.16 Å². The van der Waals surface area contributed by atoms with Gasteiger partial charge in [-0.1, -0.05) is 22.9 Å². The van der Waals surface area contributed by atoms with Gasteiger partial charge in [-0.05, 0) is 26.8 Å². The molecular formula is C14H18N2O2. The molecular weight excluding hydrogens is 228 g/mol. The molecule has 0 aliphatic heterocycles. The molecule has 0 amide bonds. The topological polar surface area (TPSA) is 61.3 Å². The van der Waals surface area contributed by atoms with Crippen molar-refractivity contribution in [3.05, 3.63) is 46.8 Å². The molecule has 0 radical (unpaired) electrons. The van der Waals surface area contributed by atoms with Gasteiger partial charge in [0.1, 0.15) is 23.8 Å². The number of hydrogen-bond donors (Lipinski definition) is 1. The molecule has 4 heteroatoms. The van der Waals surface area contributed by atoms with E-state index in [1.54, 1.807) is 0 Å². The standard InChI is InChI=1S/C14H18N2O2/c1-9-4-5-14(13(6-9)11(3)15)17-8-12-7-10(2)18-16-12/h4-7,11H,8,15H2,1-3H3/t11-/m1/s1. The fourth-order valence-corrected chi connectivity index (χ4v) is 1.79. The van der Waals surface area contributed by atoms with Crippen molar-refractivity contribution >= 4 is 0 Å². The van der Waals surface area contributed by atoms with E-state index in [4.69, 9.17) is 15.0 Å². The fourth-order valence-electron chi connectivity index (χ4n) is 1.79. The Labute approximate surface area is 107 Å². The summed E-state index contributed by atoms with van der Waals surface area (Å²) in [6, 6.07) is 7.81. The Morgan fingerprint density at radius 3 is 2.72 bits per heavy atom. The SMILES string of the molecule is Cc1ccc(OCc2cc(C)on2)c([C@@H](C)N)c1. The summed E-state index contributed by atoms with van der Waals surface area (Å²) in [5.41, 5.74) is 8.91. The second-order valence-electron chi connectivity index (χ2n) is 4.55. The van der Waals surface area contributed by atoms with E-state index >= 15 is 0 Å². The molecule has 0 saturated heterocycles. The van der Waals surface area contributed by atoms with E-state index in [1.807, 2.05) is 45.0 Å². The molecule has 4 nitrogen and oxygen atoms in total. The lowest BCUT2D eigenvalue weighted by Crippen LogP contribution is -2.08. The lowest BCUT2D eigenvalue weighted by molar-refractivity contribution is 0.284. The molecule has 2 aromatic rings. The highest BCUT2D eigenvalue weighted by Gasteiger charge is 2.09. The predicted octanol–water partition coefficient (Wildman–Crippen LogP) is 2.89. The number of ether oxygens (including phenoxy) is 1. The van der Waals surface area contributed by atoms with Crippen LogP contribution in [0.2, 0.25) is 0 Å². The van der Waals surface area contributed by atoms with Crippen molar-refractivity contribution in [2.24, 2.45) is 5.73 Å². The molecule has 0 fully saturated rings. The van der Waals surface area contributed by atoms with Gasteiger partial charge in [0.2, 0.25) is 0 Å². The molecule has 2 rings (SSSR count). The highest BCUT2D eigenvalue weighted by Crippen LogP contribution is 2.25. The summed E-state index contributed by atoms with van der Waals surface area (Å²) in [7, 11) is 0. The number of aryl methyl sites for hydroxylation is 2. The maximum Gasteiger partial charge on any atom is 0.134 e. The Balaban J connectivity index is 2.13. The third-order valence-electron chi connectivity index (χ3n) is 2.71. The van der Waals surface area contributed by atoms with E-state index in [-0.39, 0.29) is 6.04 Å². The third-order valence-corrected chi connectivity index (χ3v) is 2.71. The molecule has 0 spiro atoms. The van der Waals surface area contributed by atoms with Crippen LogP contribution in [0, 0.1) is 13.8 Å². The monoisotopic (exact) mass is 246 g/mol. The highest BCUT2D eigenvalue weighted by molar-refractivity contribution is 5.38. The minimum absolute atomic E-state index is 0.0565. The van der Waals surface area contributed by atoms with Gasteiger partial charge in [0.05, 0.1) is 0 Å². The van der Waals surface area contributed by atoms with Crippen LogP contribution < -0.4 is 10.5 Å². The molecule has 0 bridgehead atoms. The molecule has 1 aromatic carbocycles. The minimum atomic E-state index is -0.0565. The van der Waals surface area contributed by atoms with E-state index in [0.29, 0.717) is 6.61 Å². The average Bonchev–Trinajstić information content (AvgIpc) is 2.73. The number of hydrogen-bond acceptors (Lipinski definition) is 4. The summed E-state index contributed by atoms with van der Waals surface area (Å²) in [5.74, 6) is 1.58. The molecule has 0 unspecified atom stereocenters. The van der Waals surface area contributed by atoms with Gasteiger partial charge in [0.25, 0.3) is 0 Å². The number of nitrogens with two attached hydrogens (primary N) is 1. The maximum atomic E-state index is 5.94. The number of aromatic nitrogens is 1. The molecule has 18 heavy (non-hydrogen) atoms. The first-order valence-corrected chi connectivity index (χ1v) is 5.97. The molecule has 1 heterocycles. The van der Waals surface area contributed by atoms with Crippen LogP contribution in [0.3, 0.4) is 0 Å². The second-order valence-corrected chi connectivity index (χ2v) is 4.55. The van der Waals surface area contributed by atoms with Gasteiger partial charge in [-0.15, -0.1) is 0 Å². The van der Waals surface area contributed by atoms with Crippen molar-refractivity contribution in [2.45, 2.75) is 33.4 Å². The van der Waals surface area contributed by atoms with Crippen LogP contribution in [0.15, 0.2) is 28.8 Å². The van der Waals surface area contributed by atoms with Crippen LogP contribution in [0.25, 0.3) is 0 Å². The van der Waals surface area contributed by atoms with Crippen LogP contribution in [-0.4, -0.2) is 5.16 Å². The Hall–Kier alpha value is -1.81. The van der Waals surface area contributed by atoms with E-state index in [2.05, 4.69) is 5.16 Å². The first-order valence-electron chi connectivity index (χ1n) is 5.97. The predicted molar refractivity (Wildman–Crippen MR) is 69.4 cm³/mol. The molecule has 0 saturated carbocycles. The Morgan fingerprint density at radius 1 is 1.33 bits per heavy atom. The molecule has 0 aliphatic rings. The quantitative estimate of drug-likeness (QED) is 0.901. The zero-order valence-electron chi connectivity index (χ0n) is 10.9. The van der Waals surface area contributed by atoms with Gasteiger partial charge in [0.15, 0.2) is 0 Å². The van der Waals surface area contributed by atoms with E-state index < -0.39 is 0 Å². The van der Waals surface area contributed by atoms with Gasteiger partial charge >= 0.3 is 0 Å². The first-order chi connectivity index (χ1) is 8.56. The van der Waals surface area contributed by atoms with Crippen LogP contribution in [0.1, 0.15) is 35.5 Å². The van der Waals surface area contributed by atoms with E-state index in [9.17, 15) is 0 Å². The Morgan fingerprint density at radius 2 is 2.11 bits per heavy atom. The van der Waals surface area contributed by atoms with E-state index in [1.165, 1.54) is 5.56 Å². The summed E-state index contributed by atoms with van der Waals surface area (Å²) in [4.78, 5) is 0. The number of nitrogens with zero attached hydrogens (tertiary/aromatic N) is 1. The Bertz CT molecular complexity index is 532. The van der Waals surface area contributed by atoms with Gasteiger partial charge in [-0.2, -0.15) is 0 Å². The molecule has 2 N–H and O–H groups in total. The normalized spacial score (nSPS) is 12.4. The minimum Gasteiger partial charge on any atom is -0.487 e. The molecule has 96 valence electrons. The summed E-state index contributed by atoms with van der Waals surface area (Å²) >= 11 is 0. The number of rotatable bonds is 4. The largest absolute Gasteiger partial charge is 0.487 e. The summed E-state index contributed by atoms with van der Waals surface area (Å²) in [6.07, 6.45) is 0. The third kappa shape index (κ3) is 2.90. The zero-order chi connectivity index (χ0) is 13.1. The van der Waals surface area contributed by atoms with Gasteiger partial charge < -0.3 is 15.0 Å². The van der Waals surface area contributed by atoms with Crippen molar-refractivity contribution in [1.29, 1.82) is 0 Å². The van der Waals surface area contributed by atoms with Crippen LogP contribution in [0.4, 0.5) is 0 Å². The lowest BCUT2D eigenvalue weighted by atomic mass is 10.1. The summed E-state index contributed by atoms with van der Waals surface area (Å²) < 4.78 is 10.7. The molecule has 1 atom stereocenters. The average molecular weight is 246 g/mol. The van der Waals surface area contributed by atoms with Crippen molar-refractivity contribution in [2.75, 3.05) is 0 Å². The van der Waals surface area contributed by atoms with Gasteiger partial charge in [-0.25, -0.2) is 0 Å². The van der Waals surface area contributed by atoms with Gasteiger partial charge in [-0.3, -0.25) is 0 Å². The zero-order valence-corrected chi connectivity index (χ0v) is 10.9. The van der Waals surface area contributed by atoms with Crippen LogP contribution in [0.5, 0.6) is 5.75 Å². The summed E-state index contributed by atoms with van der Waals surface area (Å²) in [5, 5.41) is 3.89. The first kappa shape index (κ1) is 12.6. The fraction of sp³-hybridized carbons (Fsp3) is 0.357. The summed E-state index contributed by atoms with van der Waals surface area (Å²) in [6.45, 7) is 6.23. The van der Waals surface area contributed by atoms with Crippen molar-refractivity contribution in [3.8, 4) is 5.75 Å². The molecule has 0 aliphatic carbocycles. The smallest absolute Gasteiger partial charge is 0.134 e.